The molecule has 0 fully saturated rings. The molecule has 0 unspecified atom stereocenters. The Kier molecular flexibility index (Phi) is 4.44. The van der Waals surface area contributed by atoms with Gasteiger partial charge in [-0.3, -0.25) is 4.79 Å². The van der Waals surface area contributed by atoms with Crippen molar-refractivity contribution in [1.29, 1.82) is 0 Å². The maximum Gasteiger partial charge on any atom is 0.327 e. The topological polar surface area (TPSA) is 95.7 Å². The zero-order chi connectivity index (χ0) is 13.0. The second-order valence-corrected chi connectivity index (χ2v) is 5.52. The standard InChI is InChI=1S/C7H7ClN6O2S2/c1-16-5(15)2-14-7(11-12-13-14)17-3-4-9-10-6(8)18-4/h2-3H2,1H3. The number of rotatable bonds is 5. The molecule has 2 aromatic heterocycles. The number of carbonyl (C=O) groups is 1. The van der Waals surface area contributed by atoms with Crippen molar-refractivity contribution in [2.75, 3.05) is 7.11 Å². The lowest BCUT2D eigenvalue weighted by Gasteiger charge is -2.01. The summed E-state index contributed by atoms with van der Waals surface area (Å²) in [5.41, 5.74) is 0. The number of carbonyl (C=O) groups excluding carboxylic acids is 1. The molecule has 8 nitrogen and oxygen atoms in total. The van der Waals surface area contributed by atoms with Crippen LogP contribution >= 0.6 is 34.7 Å². The molecule has 0 spiro atoms. The van der Waals surface area contributed by atoms with Crippen LogP contribution in [0, 0.1) is 0 Å². The first-order valence-corrected chi connectivity index (χ1v) is 6.80. The van der Waals surface area contributed by atoms with E-state index in [1.54, 1.807) is 0 Å². The third-order valence-corrected chi connectivity index (χ3v) is 3.94. The molecule has 11 heteroatoms. The van der Waals surface area contributed by atoms with Crippen molar-refractivity contribution in [2.45, 2.75) is 17.5 Å². The quantitative estimate of drug-likeness (QED) is 0.586. The summed E-state index contributed by atoms with van der Waals surface area (Å²) in [4.78, 5) is 11.1. The summed E-state index contributed by atoms with van der Waals surface area (Å²) in [5, 5.41) is 19.8. The first kappa shape index (κ1) is 13.2. The van der Waals surface area contributed by atoms with Crippen LogP contribution in [0.25, 0.3) is 0 Å². The van der Waals surface area contributed by atoms with Crippen LogP contribution in [-0.2, 0) is 21.8 Å². The van der Waals surface area contributed by atoms with Gasteiger partial charge in [0, 0.05) is 0 Å². The van der Waals surface area contributed by atoms with Crippen molar-refractivity contribution < 1.29 is 9.53 Å². The minimum absolute atomic E-state index is 0.0251. The molecule has 2 rings (SSSR count). The summed E-state index contributed by atoms with van der Waals surface area (Å²) in [6.07, 6.45) is 0. The summed E-state index contributed by atoms with van der Waals surface area (Å²) in [6, 6.07) is 0. The van der Waals surface area contributed by atoms with E-state index in [1.807, 2.05) is 0 Å². The van der Waals surface area contributed by atoms with Crippen LogP contribution in [-0.4, -0.2) is 43.5 Å². The van der Waals surface area contributed by atoms with Gasteiger partial charge in [-0.15, -0.1) is 15.3 Å². The fourth-order valence-corrected chi connectivity index (χ4v) is 2.73. The Morgan fingerprint density at radius 3 is 3.00 bits per heavy atom. The van der Waals surface area contributed by atoms with Crippen LogP contribution in [0.15, 0.2) is 5.16 Å². The van der Waals surface area contributed by atoms with Crippen LogP contribution in [0.2, 0.25) is 4.47 Å². The molecule has 18 heavy (non-hydrogen) atoms. The van der Waals surface area contributed by atoms with Gasteiger partial charge in [0.2, 0.25) is 9.62 Å². The Morgan fingerprint density at radius 1 is 1.50 bits per heavy atom. The third kappa shape index (κ3) is 3.37. The minimum atomic E-state index is -0.414. The van der Waals surface area contributed by atoms with Gasteiger partial charge in [-0.2, -0.15) is 0 Å². The Hall–Kier alpha value is -1.26. The molecule has 96 valence electrons. The monoisotopic (exact) mass is 306 g/mol. The average molecular weight is 307 g/mol. The molecule has 0 aliphatic heterocycles. The lowest BCUT2D eigenvalue weighted by Crippen LogP contribution is -2.13. The molecular formula is C7H7ClN6O2S2. The first-order valence-electron chi connectivity index (χ1n) is 4.62. The summed E-state index contributed by atoms with van der Waals surface area (Å²) >= 11 is 8.30. The van der Waals surface area contributed by atoms with Gasteiger partial charge in [-0.25, -0.2) is 4.68 Å². The number of halogens is 1. The third-order valence-electron chi connectivity index (χ3n) is 1.77. The van der Waals surface area contributed by atoms with E-state index in [9.17, 15) is 4.79 Å². The van der Waals surface area contributed by atoms with Gasteiger partial charge < -0.3 is 4.74 Å². The van der Waals surface area contributed by atoms with Gasteiger partial charge in [0.25, 0.3) is 0 Å². The number of thioether (sulfide) groups is 1. The largest absolute Gasteiger partial charge is 0.468 e. The number of ether oxygens (including phenoxy) is 1. The zero-order valence-electron chi connectivity index (χ0n) is 9.11. The van der Waals surface area contributed by atoms with E-state index in [0.29, 0.717) is 15.4 Å². The lowest BCUT2D eigenvalue weighted by molar-refractivity contribution is -0.141. The number of nitrogens with zero attached hydrogens (tertiary/aromatic N) is 6. The van der Waals surface area contributed by atoms with Gasteiger partial charge >= 0.3 is 5.97 Å². The van der Waals surface area contributed by atoms with Crippen LogP contribution in [0.1, 0.15) is 5.01 Å². The zero-order valence-corrected chi connectivity index (χ0v) is 11.5. The van der Waals surface area contributed by atoms with Crippen LogP contribution in [0.4, 0.5) is 0 Å². The van der Waals surface area contributed by atoms with Gasteiger partial charge in [0.15, 0.2) is 0 Å². The molecular weight excluding hydrogens is 300 g/mol. The number of esters is 1. The van der Waals surface area contributed by atoms with Crippen molar-refractivity contribution in [2.24, 2.45) is 0 Å². The van der Waals surface area contributed by atoms with E-state index in [2.05, 4.69) is 30.5 Å². The van der Waals surface area contributed by atoms with E-state index in [-0.39, 0.29) is 6.54 Å². The smallest absolute Gasteiger partial charge is 0.327 e. The Labute approximate surface area is 115 Å². The molecule has 2 heterocycles. The van der Waals surface area contributed by atoms with Crippen molar-refractivity contribution in [3.8, 4) is 0 Å². The fraction of sp³-hybridized carbons (Fsp3) is 0.429. The van der Waals surface area contributed by atoms with E-state index in [0.717, 1.165) is 5.01 Å². The number of hydrogen-bond acceptors (Lipinski definition) is 9. The van der Waals surface area contributed by atoms with Crippen molar-refractivity contribution in [3.05, 3.63) is 9.47 Å². The summed E-state index contributed by atoms with van der Waals surface area (Å²) in [6.45, 7) is -0.0251. The summed E-state index contributed by atoms with van der Waals surface area (Å²) in [5.74, 6) is 0.120. The SMILES string of the molecule is COC(=O)Cn1nnnc1SCc1nnc(Cl)s1. The number of tetrazole rings is 1. The molecule has 0 aliphatic rings. The van der Waals surface area contributed by atoms with Crippen molar-refractivity contribution in [1.82, 2.24) is 30.4 Å². The Bertz CT molecular complexity index is 544. The summed E-state index contributed by atoms with van der Waals surface area (Å²) < 4.78 is 6.29. The fourth-order valence-electron chi connectivity index (χ4n) is 1.00. The van der Waals surface area contributed by atoms with Crippen LogP contribution in [0.3, 0.4) is 0 Å². The van der Waals surface area contributed by atoms with Crippen molar-refractivity contribution in [3.63, 3.8) is 0 Å². The highest BCUT2D eigenvalue weighted by Gasteiger charge is 2.12. The highest BCUT2D eigenvalue weighted by Crippen LogP contribution is 2.23. The predicted molar refractivity (Wildman–Crippen MR) is 64.3 cm³/mol. The molecule has 0 N–H and O–H groups in total. The van der Waals surface area contributed by atoms with Gasteiger partial charge in [0.05, 0.1) is 12.9 Å². The van der Waals surface area contributed by atoms with Gasteiger partial charge in [-0.1, -0.05) is 23.1 Å². The molecule has 0 saturated carbocycles. The Morgan fingerprint density at radius 2 is 2.33 bits per heavy atom. The maximum atomic E-state index is 11.1. The molecule has 0 radical (unpaired) electrons. The highest BCUT2D eigenvalue weighted by atomic mass is 35.5. The van der Waals surface area contributed by atoms with Gasteiger partial charge in [0.1, 0.15) is 11.6 Å². The van der Waals surface area contributed by atoms with Gasteiger partial charge in [-0.05, 0) is 22.0 Å². The molecule has 0 aliphatic carbocycles. The normalized spacial score (nSPS) is 10.6. The second-order valence-electron chi connectivity index (χ2n) is 2.93. The molecule has 2 aromatic rings. The molecule has 0 saturated heterocycles. The highest BCUT2D eigenvalue weighted by molar-refractivity contribution is 7.98. The summed E-state index contributed by atoms with van der Waals surface area (Å²) in [7, 11) is 1.31. The first-order chi connectivity index (χ1) is 8.69. The lowest BCUT2D eigenvalue weighted by atomic mass is 10.7. The maximum absolute atomic E-state index is 11.1. The van der Waals surface area contributed by atoms with E-state index < -0.39 is 5.97 Å². The number of aromatic nitrogens is 6. The molecule has 0 aromatic carbocycles. The van der Waals surface area contributed by atoms with E-state index in [4.69, 9.17) is 11.6 Å². The van der Waals surface area contributed by atoms with Crippen molar-refractivity contribution >= 4 is 40.7 Å². The average Bonchev–Trinajstić information content (AvgIpc) is 2.96. The molecule has 0 atom stereocenters. The number of methoxy groups -OCH3 is 1. The van der Waals surface area contributed by atoms with E-state index >= 15 is 0 Å². The minimum Gasteiger partial charge on any atom is -0.468 e. The van der Waals surface area contributed by atoms with Crippen LogP contribution in [0.5, 0.6) is 0 Å². The number of hydrogen-bond donors (Lipinski definition) is 0. The van der Waals surface area contributed by atoms with E-state index in [1.165, 1.54) is 34.9 Å². The molecule has 0 amide bonds. The Balaban J connectivity index is 1.97. The predicted octanol–water partition coefficient (Wildman–Crippen LogP) is 0.643. The molecule has 0 bridgehead atoms. The second kappa shape index (κ2) is 6.07. The van der Waals surface area contributed by atoms with Crippen LogP contribution < -0.4 is 0 Å².